The van der Waals surface area contributed by atoms with Crippen LogP contribution in [0.15, 0.2) is 18.3 Å². The molecule has 78 valence electrons. The molecule has 0 bridgehead atoms. The van der Waals surface area contributed by atoms with Crippen LogP contribution in [0.25, 0.3) is 0 Å². The van der Waals surface area contributed by atoms with E-state index in [1.807, 2.05) is 0 Å². The zero-order chi connectivity index (χ0) is 10.8. The average Bonchev–Trinajstić information content (AvgIpc) is 2.02. The summed E-state index contributed by atoms with van der Waals surface area (Å²) < 4.78 is 33.6. The Kier molecular flexibility index (Phi) is 3.14. The Hall–Kier alpha value is -1.05. The minimum absolute atomic E-state index is 0.0698. The van der Waals surface area contributed by atoms with E-state index in [-0.39, 0.29) is 5.69 Å². The fourth-order valence-corrected chi connectivity index (χ4v) is 1.50. The molecule has 1 aromatic heterocycles. The molecule has 0 aromatic carbocycles. The van der Waals surface area contributed by atoms with E-state index in [1.54, 1.807) is 0 Å². The van der Waals surface area contributed by atoms with Crippen LogP contribution in [0.5, 0.6) is 0 Å². The number of primary sulfonamides is 1. The van der Waals surface area contributed by atoms with Gasteiger partial charge in [-0.05, 0) is 12.1 Å². The van der Waals surface area contributed by atoms with Gasteiger partial charge in [0.25, 0.3) is 0 Å². The van der Waals surface area contributed by atoms with Gasteiger partial charge in [0.05, 0.1) is 17.6 Å². The predicted octanol–water partition coefficient (Wildman–Crippen LogP) is -0.457. The lowest BCUT2D eigenvalue weighted by atomic mass is 10.2. The standard InChI is InChI=1S/C7H9FN2O3S/c8-5-1-2-6(10-3-5)7(11)4-14(9,12)13/h1-3,7,11H,4H2,(H2,9,12,13)/t7-/m0/s1. The number of aromatic nitrogens is 1. The third-order valence-corrected chi connectivity index (χ3v) is 2.26. The van der Waals surface area contributed by atoms with E-state index in [4.69, 9.17) is 5.14 Å². The molecule has 3 N–H and O–H groups in total. The highest BCUT2D eigenvalue weighted by Gasteiger charge is 2.15. The molecular weight excluding hydrogens is 211 g/mol. The summed E-state index contributed by atoms with van der Waals surface area (Å²) in [5.41, 5.74) is 0.0698. The summed E-state index contributed by atoms with van der Waals surface area (Å²) >= 11 is 0. The van der Waals surface area contributed by atoms with Gasteiger partial charge in [-0.2, -0.15) is 0 Å². The minimum Gasteiger partial charge on any atom is -0.386 e. The van der Waals surface area contributed by atoms with Gasteiger partial charge in [0.1, 0.15) is 11.9 Å². The van der Waals surface area contributed by atoms with E-state index >= 15 is 0 Å². The average molecular weight is 220 g/mol. The van der Waals surface area contributed by atoms with Crippen LogP contribution in [-0.4, -0.2) is 24.3 Å². The molecule has 0 unspecified atom stereocenters. The van der Waals surface area contributed by atoms with E-state index < -0.39 is 27.7 Å². The first-order chi connectivity index (χ1) is 6.38. The van der Waals surface area contributed by atoms with Crippen molar-refractivity contribution in [3.63, 3.8) is 0 Å². The highest BCUT2D eigenvalue weighted by molar-refractivity contribution is 7.89. The Morgan fingerprint density at radius 2 is 2.21 bits per heavy atom. The molecule has 0 aliphatic carbocycles. The summed E-state index contributed by atoms with van der Waals surface area (Å²) in [5, 5.41) is 14.0. The van der Waals surface area contributed by atoms with Crippen LogP contribution in [0.2, 0.25) is 0 Å². The van der Waals surface area contributed by atoms with Crippen molar-refractivity contribution in [3.8, 4) is 0 Å². The Balaban J connectivity index is 2.80. The quantitative estimate of drug-likeness (QED) is 0.721. The fourth-order valence-electron chi connectivity index (χ4n) is 0.890. The number of nitrogens with two attached hydrogens (primary N) is 1. The molecule has 7 heteroatoms. The molecule has 0 radical (unpaired) electrons. The highest BCUT2D eigenvalue weighted by Crippen LogP contribution is 2.11. The molecule has 0 aliphatic rings. The van der Waals surface area contributed by atoms with Crippen molar-refractivity contribution in [2.45, 2.75) is 6.10 Å². The topological polar surface area (TPSA) is 93.3 Å². The number of rotatable bonds is 3. The van der Waals surface area contributed by atoms with E-state index in [9.17, 15) is 17.9 Å². The summed E-state index contributed by atoms with van der Waals surface area (Å²) in [5.74, 6) is -1.19. The second kappa shape index (κ2) is 3.99. The SMILES string of the molecule is NS(=O)(=O)C[C@H](O)c1ccc(F)cn1. The zero-order valence-corrected chi connectivity index (χ0v) is 7.91. The third-order valence-electron chi connectivity index (χ3n) is 1.48. The van der Waals surface area contributed by atoms with Gasteiger partial charge in [-0.25, -0.2) is 17.9 Å². The van der Waals surface area contributed by atoms with Crippen molar-refractivity contribution in [1.82, 2.24) is 4.98 Å². The van der Waals surface area contributed by atoms with E-state index in [0.29, 0.717) is 0 Å². The molecule has 0 amide bonds. The highest BCUT2D eigenvalue weighted by atomic mass is 32.2. The molecule has 0 spiro atoms. The fraction of sp³-hybridized carbons (Fsp3) is 0.286. The van der Waals surface area contributed by atoms with Crippen LogP contribution in [0.3, 0.4) is 0 Å². The minimum atomic E-state index is -3.77. The number of aliphatic hydroxyl groups is 1. The van der Waals surface area contributed by atoms with Crippen molar-refractivity contribution in [2.75, 3.05) is 5.75 Å². The molecule has 0 fully saturated rings. The lowest BCUT2D eigenvalue weighted by Gasteiger charge is -2.07. The number of hydrogen-bond acceptors (Lipinski definition) is 4. The Morgan fingerprint density at radius 1 is 1.57 bits per heavy atom. The molecule has 5 nitrogen and oxygen atoms in total. The van der Waals surface area contributed by atoms with E-state index in [2.05, 4.69) is 4.98 Å². The maximum Gasteiger partial charge on any atom is 0.212 e. The number of sulfonamides is 1. The van der Waals surface area contributed by atoms with Gasteiger partial charge in [0, 0.05) is 0 Å². The molecule has 1 atom stereocenters. The molecular formula is C7H9FN2O3S. The van der Waals surface area contributed by atoms with Crippen molar-refractivity contribution >= 4 is 10.0 Å². The molecule has 14 heavy (non-hydrogen) atoms. The second-order valence-corrected chi connectivity index (χ2v) is 4.41. The lowest BCUT2D eigenvalue weighted by molar-refractivity contribution is 0.196. The maximum absolute atomic E-state index is 12.4. The summed E-state index contributed by atoms with van der Waals surface area (Å²) in [7, 11) is -3.77. The Morgan fingerprint density at radius 3 is 2.64 bits per heavy atom. The zero-order valence-electron chi connectivity index (χ0n) is 7.09. The number of nitrogens with zero attached hydrogens (tertiary/aromatic N) is 1. The lowest BCUT2D eigenvalue weighted by Crippen LogP contribution is -2.22. The van der Waals surface area contributed by atoms with Gasteiger partial charge in [-0.1, -0.05) is 0 Å². The van der Waals surface area contributed by atoms with Crippen molar-refractivity contribution in [3.05, 3.63) is 29.8 Å². The first-order valence-electron chi connectivity index (χ1n) is 3.68. The predicted molar refractivity (Wildman–Crippen MR) is 47.1 cm³/mol. The van der Waals surface area contributed by atoms with Crippen molar-refractivity contribution < 1.29 is 17.9 Å². The van der Waals surface area contributed by atoms with E-state index in [1.165, 1.54) is 6.07 Å². The molecule has 0 saturated heterocycles. The second-order valence-electron chi connectivity index (χ2n) is 2.75. The summed E-state index contributed by atoms with van der Waals surface area (Å²) in [6, 6.07) is 2.28. The number of aliphatic hydroxyl groups excluding tert-OH is 1. The van der Waals surface area contributed by atoms with Crippen LogP contribution in [-0.2, 0) is 10.0 Å². The van der Waals surface area contributed by atoms with E-state index in [0.717, 1.165) is 12.3 Å². The maximum atomic E-state index is 12.4. The Bertz CT molecular complexity index is 403. The van der Waals surface area contributed by atoms with Crippen LogP contribution in [0.4, 0.5) is 4.39 Å². The summed E-state index contributed by atoms with van der Waals surface area (Å²) in [6.07, 6.45) is -0.438. The van der Waals surface area contributed by atoms with Gasteiger partial charge in [0.2, 0.25) is 10.0 Å². The Labute approximate surface area is 80.4 Å². The number of halogens is 1. The van der Waals surface area contributed by atoms with Gasteiger partial charge in [-0.15, -0.1) is 0 Å². The smallest absolute Gasteiger partial charge is 0.212 e. The van der Waals surface area contributed by atoms with Crippen molar-refractivity contribution in [2.24, 2.45) is 5.14 Å². The summed E-state index contributed by atoms with van der Waals surface area (Å²) in [4.78, 5) is 3.52. The van der Waals surface area contributed by atoms with Gasteiger partial charge < -0.3 is 5.11 Å². The molecule has 0 aliphatic heterocycles. The van der Waals surface area contributed by atoms with Gasteiger partial charge in [0.15, 0.2) is 0 Å². The van der Waals surface area contributed by atoms with Gasteiger partial charge in [-0.3, -0.25) is 4.98 Å². The van der Waals surface area contributed by atoms with Gasteiger partial charge >= 0.3 is 0 Å². The van der Waals surface area contributed by atoms with Crippen LogP contribution in [0, 0.1) is 5.82 Å². The molecule has 1 aromatic rings. The van der Waals surface area contributed by atoms with Crippen molar-refractivity contribution in [1.29, 1.82) is 0 Å². The van der Waals surface area contributed by atoms with Crippen LogP contribution in [0.1, 0.15) is 11.8 Å². The first kappa shape index (κ1) is 11.0. The summed E-state index contributed by atoms with van der Waals surface area (Å²) in [6.45, 7) is 0. The van der Waals surface area contributed by atoms with Crippen LogP contribution < -0.4 is 5.14 Å². The number of hydrogen-bond donors (Lipinski definition) is 2. The third kappa shape index (κ3) is 3.36. The van der Waals surface area contributed by atoms with Crippen LogP contribution >= 0.6 is 0 Å². The largest absolute Gasteiger partial charge is 0.386 e. The first-order valence-corrected chi connectivity index (χ1v) is 5.40. The molecule has 0 saturated carbocycles. The molecule has 1 rings (SSSR count). The number of pyridine rings is 1. The normalized spacial score (nSPS) is 13.9. The monoisotopic (exact) mass is 220 g/mol. The molecule has 1 heterocycles.